The lowest BCUT2D eigenvalue weighted by Gasteiger charge is -2.12. The lowest BCUT2D eigenvalue weighted by Crippen LogP contribution is -2.24. The quantitative estimate of drug-likeness (QED) is 0.625. The molecule has 0 unspecified atom stereocenters. The highest BCUT2D eigenvalue weighted by molar-refractivity contribution is 5.95. The lowest BCUT2D eigenvalue weighted by molar-refractivity contribution is -0.0512. The molecule has 0 radical (unpaired) electrons. The highest BCUT2D eigenvalue weighted by atomic mass is 19.3. The van der Waals surface area contributed by atoms with E-state index in [0.717, 1.165) is 5.69 Å². The first-order valence-corrected chi connectivity index (χ1v) is 8.91. The van der Waals surface area contributed by atoms with Crippen molar-refractivity contribution >= 4 is 5.91 Å². The van der Waals surface area contributed by atoms with E-state index in [2.05, 4.69) is 20.1 Å². The number of methoxy groups -OCH3 is 1. The fraction of sp³-hybridized carbons (Fsp3) is 0.250. The van der Waals surface area contributed by atoms with Gasteiger partial charge >= 0.3 is 6.61 Å². The Morgan fingerprint density at radius 3 is 2.72 bits per heavy atom. The summed E-state index contributed by atoms with van der Waals surface area (Å²) in [7, 11) is 1.36. The van der Waals surface area contributed by atoms with Crippen LogP contribution in [-0.4, -0.2) is 34.4 Å². The molecule has 2 aromatic heterocycles. The number of halogens is 2. The first-order valence-electron chi connectivity index (χ1n) is 8.91. The number of carbonyl (C=O) groups is 1. The molecule has 1 N–H and O–H groups in total. The van der Waals surface area contributed by atoms with E-state index in [1.54, 1.807) is 29.1 Å². The number of hydrogen-bond donors (Lipinski definition) is 1. The minimum atomic E-state index is -2.97. The normalized spacial score (nSPS) is 10.8. The number of benzene rings is 1. The Hall–Kier alpha value is -3.49. The summed E-state index contributed by atoms with van der Waals surface area (Å²) in [4.78, 5) is 16.9. The molecule has 2 heterocycles. The molecule has 29 heavy (non-hydrogen) atoms. The summed E-state index contributed by atoms with van der Waals surface area (Å²) in [5, 5.41) is 7.05. The molecule has 1 aromatic carbocycles. The SMILES string of the molecule is CCc1c(C(=O)NCc2ccc(OC)c(OC(F)F)c2)cnn1-c1ccccn1. The summed E-state index contributed by atoms with van der Waals surface area (Å²) in [5.41, 5.74) is 1.73. The van der Waals surface area contributed by atoms with Crippen LogP contribution in [0.25, 0.3) is 5.82 Å². The summed E-state index contributed by atoms with van der Waals surface area (Å²) in [6, 6.07) is 10.0. The van der Waals surface area contributed by atoms with E-state index in [9.17, 15) is 13.6 Å². The molecule has 0 fully saturated rings. The second-order valence-corrected chi connectivity index (χ2v) is 6.00. The van der Waals surface area contributed by atoms with Crippen molar-refractivity contribution in [2.75, 3.05) is 7.11 Å². The van der Waals surface area contributed by atoms with Crippen LogP contribution in [0.4, 0.5) is 8.78 Å². The van der Waals surface area contributed by atoms with Crippen molar-refractivity contribution in [1.82, 2.24) is 20.1 Å². The number of nitrogens with one attached hydrogen (secondary N) is 1. The van der Waals surface area contributed by atoms with Crippen LogP contribution >= 0.6 is 0 Å². The molecule has 0 aliphatic rings. The molecule has 0 bridgehead atoms. The number of aromatic nitrogens is 3. The van der Waals surface area contributed by atoms with Gasteiger partial charge in [-0.2, -0.15) is 13.9 Å². The minimum absolute atomic E-state index is 0.0912. The summed E-state index contributed by atoms with van der Waals surface area (Å²) in [6.07, 6.45) is 3.72. The van der Waals surface area contributed by atoms with Crippen molar-refractivity contribution in [1.29, 1.82) is 0 Å². The van der Waals surface area contributed by atoms with E-state index in [1.165, 1.54) is 25.4 Å². The third-order valence-electron chi connectivity index (χ3n) is 4.21. The molecule has 3 aromatic rings. The molecule has 1 amide bonds. The van der Waals surface area contributed by atoms with Crippen LogP contribution in [0.1, 0.15) is 28.5 Å². The van der Waals surface area contributed by atoms with E-state index in [1.807, 2.05) is 13.0 Å². The van der Waals surface area contributed by atoms with Gasteiger partial charge in [0.15, 0.2) is 17.3 Å². The van der Waals surface area contributed by atoms with Gasteiger partial charge in [-0.15, -0.1) is 0 Å². The highest BCUT2D eigenvalue weighted by Gasteiger charge is 2.18. The molecule has 0 aliphatic carbocycles. The van der Waals surface area contributed by atoms with Gasteiger partial charge in [-0.25, -0.2) is 9.67 Å². The number of carbonyl (C=O) groups excluding carboxylic acids is 1. The number of pyridine rings is 1. The second-order valence-electron chi connectivity index (χ2n) is 6.00. The van der Waals surface area contributed by atoms with Crippen LogP contribution in [0.15, 0.2) is 48.8 Å². The van der Waals surface area contributed by atoms with E-state index in [0.29, 0.717) is 23.4 Å². The van der Waals surface area contributed by atoms with Crippen molar-refractivity contribution in [3.05, 3.63) is 65.6 Å². The smallest absolute Gasteiger partial charge is 0.387 e. The number of rotatable bonds is 8. The number of amides is 1. The van der Waals surface area contributed by atoms with Gasteiger partial charge in [0.2, 0.25) is 0 Å². The van der Waals surface area contributed by atoms with Crippen LogP contribution in [0.2, 0.25) is 0 Å². The standard InChI is InChI=1S/C20H20F2N4O3/c1-3-15-14(12-25-26(15)18-6-4-5-9-23-18)19(27)24-11-13-7-8-16(28-2)17(10-13)29-20(21)22/h4-10,12,20H,3,11H2,1-2H3,(H,24,27). The predicted octanol–water partition coefficient (Wildman–Crippen LogP) is 3.37. The van der Waals surface area contributed by atoms with Crippen molar-refractivity contribution in [3.8, 4) is 17.3 Å². The maximum atomic E-state index is 12.7. The molecule has 9 heteroatoms. The van der Waals surface area contributed by atoms with Crippen LogP contribution in [-0.2, 0) is 13.0 Å². The number of nitrogens with zero attached hydrogens (tertiary/aromatic N) is 3. The Labute approximate surface area is 166 Å². The van der Waals surface area contributed by atoms with Gasteiger partial charge in [-0.3, -0.25) is 4.79 Å². The van der Waals surface area contributed by atoms with Gasteiger partial charge in [0.05, 0.1) is 24.6 Å². The van der Waals surface area contributed by atoms with E-state index < -0.39 is 6.61 Å². The Balaban J connectivity index is 1.75. The van der Waals surface area contributed by atoms with Gasteiger partial charge < -0.3 is 14.8 Å². The van der Waals surface area contributed by atoms with Crippen molar-refractivity contribution in [2.45, 2.75) is 26.5 Å². The molecular formula is C20H20F2N4O3. The zero-order valence-electron chi connectivity index (χ0n) is 15.9. The van der Waals surface area contributed by atoms with Crippen LogP contribution in [0, 0.1) is 0 Å². The first kappa shape index (κ1) is 20.2. The van der Waals surface area contributed by atoms with Gasteiger partial charge in [0, 0.05) is 12.7 Å². The molecule has 0 atom stereocenters. The van der Waals surface area contributed by atoms with Gasteiger partial charge in [0.25, 0.3) is 5.91 Å². The molecule has 0 saturated carbocycles. The summed E-state index contributed by atoms with van der Waals surface area (Å²) < 4.78 is 36.2. The zero-order valence-corrected chi connectivity index (χ0v) is 15.9. The van der Waals surface area contributed by atoms with Crippen molar-refractivity contribution < 1.29 is 23.0 Å². The molecule has 7 nitrogen and oxygen atoms in total. The topological polar surface area (TPSA) is 78.3 Å². The molecule has 152 valence electrons. The highest BCUT2D eigenvalue weighted by Crippen LogP contribution is 2.29. The molecular weight excluding hydrogens is 382 g/mol. The van der Waals surface area contributed by atoms with Gasteiger partial charge in [0.1, 0.15) is 0 Å². The largest absolute Gasteiger partial charge is 0.493 e. The fourth-order valence-electron chi connectivity index (χ4n) is 2.88. The molecule has 0 aliphatic heterocycles. The summed E-state index contributed by atoms with van der Waals surface area (Å²) >= 11 is 0. The molecule has 0 saturated heterocycles. The summed E-state index contributed by atoms with van der Waals surface area (Å²) in [5.74, 6) is 0.389. The van der Waals surface area contributed by atoms with Crippen LogP contribution in [0.5, 0.6) is 11.5 Å². The maximum absolute atomic E-state index is 12.7. The van der Waals surface area contributed by atoms with Crippen molar-refractivity contribution in [3.63, 3.8) is 0 Å². The Morgan fingerprint density at radius 2 is 2.07 bits per heavy atom. The minimum Gasteiger partial charge on any atom is -0.493 e. The van der Waals surface area contributed by atoms with Crippen LogP contribution < -0.4 is 14.8 Å². The van der Waals surface area contributed by atoms with E-state index in [-0.39, 0.29) is 24.0 Å². The Morgan fingerprint density at radius 1 is 1.24 bits per heavy atom. The Kier molecular flexibility index (Phi) is 6.38. The average molecular weight is 402 g/mol. The molecule has 3 rings (SSSR count). The maximum Gasteiger partial charge on any atom is 0.387 e. The third kappa shape index (κ3) is 4.68. The number of ether oxygens (including phenoxy) is 2. The predicted molar refractivity (Wildman–Crippen MR) is 102 cm³/mol. The summed E-state index contributed by atoms with van der Waals surface area (Å²) in [6.45, 7) is -0.927. The fourth-order valence-corrected chi connectivity index (χ4v) is 2.88. The van der Waals surface area contributed by atoms with Crippen molar-refractivity contribution in [2.24, 2.45) is 0 Å². The zero-order chi connectivity index (χ0) is 20.8. The van der Waals surface area contributed by atoms with E-state index >= 15 is 0 Å². The van der Waals surface area contributed by atoms with Gasteiger partial charge in [-0.1, -0.05) is 19.1 Å². The second kappa shape index (κ2) is 9.13. The number of alkyl halides is 2. The molecule has 0 spiro atoms. The average Bonchev–Trinajstić information content (AvgIpc) is 3.16. The number of hydrogen-bond acceptors (Lipinski definition) is 5. The van der Waals surface area contributed by atoms with E-state index in [4.69, 9.17) is 4.74 Å². The van der Waals surface area contributed by atoms with Gasteiger partial charge in [-0.05, 0) is 36.2 Å². The lowest BCUT2D eigenvalue weighted by atomic mass is 10.1. The third-order valence-corrected chi connectivity index (χ3v) is 4.21. The first-order chi connectivity index (χ1) is 14.0. The Bertz CT molecular complexity index is 977. The van der Waals surface area contributed by atoms with Crippen LogP contribution in [0.3, 0.4) is 0 Å². The monoisotopic (exact) mass is 402 g/mol.